The monoisotopic (exact) mass is 622 g/mol. The SMILES string of the molecule is N#Cc1ccc2c(c1)c1cc(-c3cccc(-c4nc5ccccc5c5c4ccc4ccc6cccnc6c45)c3)ccc1n2-c1ccccc1. The zero-order chi connectivity index (χ0) is 32.5. The predicted octanol–water partition coefficient (Wildman–Crippen LogP) is 11.4. The maximum atomic E-state index is 9.75. The van der Waals surface area contributed by atoms with Crippen LogP contribution in [-0.2, 0) is 0 Å². The van der Waals surface area contributed by atoms with E-state index in [1.54, 1.807) is 0 Å². The highest BCUT2D eigenvalue weighted by molar-refractivity contribution is 6.28. The fourth-order valence-electron chi connectivity index (χ4n) is 7.59. The molecule has 0 bridgehead atoms. The lowest BCUT2D eigenvalue weighted by Crippen LogP contribution is -1.93. The molecule has 0 saturated heterocycles. The maximum absolute atomic E-state index is 9.75. The minimum Gasteiger partial charge on any atom is -0.309 e. The first-order valence-electron chi connectivity index (χ1n) is 16.4. The molecule has 0 atom stereocenters. The molecule has 49 heavy (non-hydrogen) atoms. The van der Waals surface area contributed by atoms with Gasteiger partial charge in [-0.05, 0) is 77.2 Å². The molecule has 0 saturated carbocycles. The van der Waals surface area contributed by atoms with Crippen molar-refractivity contribution in [3.63, 3.8) is 0 Å². The second-order valence-electron chi connectivity index (χ2n) is 12.5. The van der Waals surface area contributed by atoms with Crippen LogP contribution in [0.5, 0.6) is 0 Å². The van der Waals surface area contributed by atoms with Crippen molar-refractivity contribution >= 4 is 65.2 Å². The number of nitrogens with zero attached hydrogens (tertiary/aromatic N) is 4. The van der Waals surface area contributed by atoms with Crippen LogP contribution in [0.2, 0.25) is 0 Å². The van der Waals surface area contributed by atoms with E-state index in [-0.39, 0.29) is 0 Å². The van der Waals surface area contributed by atoms with E-state index in [1.807, 2.05) is 30.5 Å². The number of rotatable bonds is 3. The lowest BCUT2D eigenvalue weighted by atomic mass is 9.93. The molecule has 3 aromatic heterocycles. The van der Waals surface area contributed by atoms with Crippen LogP contribution in [0.25, 0.3) is 93.2 Å². The van der Waals surface area contributed by atoms with Gasteiger partial charge in [0.2, 0.25) is 0 Å². The van der Waals surface area contributed by atoms with Crippen LogP contribution in [0.4, 0.5) is 0 Å². The molecular weight excluding hydrogens is 597 g/mol. The number of hydrogen-bond donors (Lipinski definition) is 0. The van der Waals surface area contributed by atoms with Crippen molar-refractivity contribution in [1.82, 2.24) is 14.5 Å². The van der Waals surface area contributed by atoms with Gasteiger partial charge in [-0.15, -0.1) is 0 Å². The average molecular weight is 623 g/mol. The van der Waals surface area contributed by atoms with Gasteiger partial charge in [0.25, 0.3) is 0 Å². The van der Waals surface area contributed by atoms with Crippen LogP contribution < -0.4 is 0 Å². The van der Waals surface area contributed by atoms with Gasteiger partial charge in [0.1, 0.15) is 0 Å². The lowest BCUT2D eigenvalue weighted by Gasteiger charge is -2.14. The molecule has 10 rings (SSSR count). The summed E-state index contributed by atoms with van der Waals surface area (Å²) in [7, 11) is 0. The smallest absolute Gasteiger partial charge is 0.0991 e. The number of nitriles is 1. The van der Waals surface area contributed by atoms with E-state index in [4.69, 9.17) is 9.97 Å². The van der Waals surface area contributed by atoms with Crippen LogP contribution in [0, 0.1) is 11.3 Å². The van der Waals surface area contributed by atoms with E-state index < -0.39 is 0 Å². The lowest BCUT2D eigenvalue weighted by molar-refractivity contribution is 1.18. The largest absolute Gasteiger partial charge is 0.309 e. The number of benzene rings is 7. The summed E-state index contributed by atoms with van der Waals surface area (Å²) in [6, 6.07) is 55.3. The number of para-hydroxylation sites is 2. The number of fused-ring (bicyclic) bond motifs is 10. The molecular formula is C45H26N4. The minimum atomic E-state index is 0.650. The van der Waals surface area contributed by atoms with Gasteiger partial charge >= 0.3 is 0 Å². The van der Waals surface area contributed by atoms with Crippen LogP contribution in [0.1, 0.15) is 5.56 Å². The van der Waals surface area contributed by atoms with Gasteiger partial charge in [-0.1, -0.05) is 91.0 Å². The Bertz CT molecular complexity index is 3000. The quantitative estimate of drug-likeness (QED) is 0.184. The average Bonchev–Trinajstić information content (AvgIpc) is 3.50. The van der Waals surface area contributed by atoms with Crippen LogP contribution in [-0.4, -0.2) is 14.5 Å². The molecule has 4 nitrogen and oxygen atoms in total. The number of aromatic nitrogens is 3. The topological polar surface area (TPSA) is 54.5 Å². The van der Waals surface area contributed by atoms with Gasteiger partial charge < -0.3 is 4.57 Å². The highest BCUT2D eigenvalue weighted by atomic mass is 15.0. The van der Waals surface area contributed by atoms with Gasteiger partial charge in [0, 0.05) is 55.2 Å². The molecule has 0 N–H and O–H groups in total. The highest BCUT2D eigenvalue weighted by Crippen LogP contribution is 2.41. The maximum Gasteiger partial charge on any atom is 0.0991 e. The van der Waals surface area contributed by atoms with Gasteiger partial charge in [0.15, 0.2) is 0 Å². The first kappa shape index (κ1) is 27.3. The zero-order valence-corrected chi connectivity index (χ0v) is 26.3. The predicted molar refractivity (Wildman–Crippen MR) is 202 cm³/mol. The van der Waals surface area contributed by atoms with E-state index in [9.17, 15) is 5.26 Å². The second kappa shape index (κ2) is 10.6. The molecule has 7 aromatic carbocycles. The molecule has 0 radical (unpaired) electrons. The van der Waals surface area contributed by atoms with E-state index in [0.29, 0.717) is 5.56 Å². The Kier molecular flexibility index (Phi) is 5.90. The Morgan fingerprint density at radius 3 is 2.16 bits per heavy atom. The fourth-order valence-corrected chi connectivity index (χ4v) is 7.59. The third-order valence-corrected chi connectivity index (χ3v) is 9.79. The molecule has 4 heteroatoms. The summed E-state index contributed by atoms with van der Waals surface area (Å²) in [6.07, 6.45) is 1.88. The van der Waals surface area contributed by atoms with Crippen molar-refractivity contribution in [2.75, 3.05) is 0 Å². The Morgan fingerprint density at radius 1 is 0.510 bits per heavy atom. The van der Waals surface area contributed by atoms with Crippen molar-refractivity contribution in [1.29, 1.82) is 5.26 Å². The Morgan fingerprint density at radius 2 is 1.27 bits per heavy atom. The molecule has 226 valence electrons. The molecule has 10 aromatic rings. The molecule has 0 aliphatic heterocycles. The summed E-state index contributed by atoms with van der Waals surface area (Å²) >= 11 is 0. The molecule has 0 amide bonds. The summed E-state index contributed by atoms with van der Waals surface area (Å²) in [5.41, 5.74) is 10.1. The summed E-state index contributed by atoms with van der Waals surface area (Å²) in [4.78, 5) is 10.1. The molecule has 0 aliphatic carbocycles. The van der Waals surface area contributed by atoms with Gasteiger partial charge in [-0.2, -0.15) is 5.26 Å². The normalized spacial score (nSPS) is 11.7. The Labute approximate surface area is 281 Å². The first-order valence-corrected chi connectivity index (χ1v) is 16.4. The van der Waals surface area contributed by atoms with Crippen molar-refractivity contribution in [2.24, 2.45) is 0 Å². The van der Waals surface area contributed by atoms with Gasteiger partial charge in [0.05, 0.1) is 39.4 Å². The first-order chi connectivity index (χ1) is 24.2. The van der Waals surface area contributed by atoms with Crippen molar-refractivity contribution < 1.29 is 0 Å². The summed E-state index contributed by atoms with van der Waals surface area (Å²) in [5.74, 6) is 0. The Hall–Kier alpha value is -6.83. The molecule has 0 spiro atoms. The number of pyridine rings is 2. The highest BCUT2D eigenvalue weighted by Gasteiger charge is 2.17. The third-order valence-electron chi connectivity index (χ3n) is 9.79. The molecule has 3 heterocycles. The standard InChI is InChI=1S/C45H26N4/c46-27-28-15-21-40-37(24-28)38-26-32(19-22-41(38)49(40)34-11-2-1-3-12-34)31-8-6-9-33(25-31)44-36-20-18-29-16-17-30-10-7-23-47-45(30)42(29)43(36)35-13-4-5-14-39(35)48-44/h1-26H. The summed E-state index contributed by atoms with van der Waals surface area (Å²) in [6.45, 7) is 0. The second-order valence-corrected chi connectivity index (χ2v) is 12.5. The minimum absolute atomic E-state index is 0.650. The van der Waals surface area contributed by atoms with Crippen LogP contribution in [0.3, 0.4) is 0 Å². The van der Waals surface area contributed by atoms with E-state index in [2.05, 4.69) is 138 Å². The van der Waals surface area contributed by atoms with Gasteiger partial charge in [-0.25, -0.2) is 4.98 Å². The zero-order valence-electron chi connectivity index (χ0n) is 26.3. The van der Waals surface area contributed by atoms with Crippen molar-refractivity contribution in [3.8, 4) is 34.1 Å². The van der Waals surface area contributed by atoms with E-state index in [0.717, 1.165) is 87.8 Å². The molecule has 0 aliphatic rings. The fraction of sp³-hybridized carbons (Fsp3) is 0. The van der Waals surface area contributed by atoms with Crippen molar-refractivity contribution in [3.05, 3.63) is 163 Å². The Balaban J connectivity index is 1.21. The summed E-state index contributed by atoms with van der Waals surface area (Å²) in [5, 5.41) is 18.8. The van der Waals surface area contributed by atoms with Crippen LogP contribution >= 0.6 is 0 Å². The van der Waals surface area contributed by atoms with Gasteiger partial charge in [-0.3, -0.25) is 4.98 Å². The van der Waals surface area contributed by atoms with Crippen molar-refractivity contribution in [2.45, 2.75) is 0 Å². The van der Waals surface area contributed by atoms with Crippen LogP contribution in [0.15, 0.2) is 158 Å². The summed E-state index contributed by atoms with van der Waals surface area (Å²) < 4.78 is 2.28. The van der Waals surface area contributed by atoms with E-state index >= 15 is 0 Å². The molecule has 0 fully saturated rings. The number of hydrogen-bond acceptors (Lipinski definition) is 3. The van der Waals surface area contributed by atoms with E-state index in [1.165, 1.54) is 5.39 Å². The third kappa shape index (κ3) is 4.16. The molecule has 0 unspecified atom stereocenters.